The molecule has 2 rings (SSSR count). The number of nitrogens with one attached hydrogen (secondary N) is 1. The molecule has 1 N–H and O–H groups in total. The number of ether oxygens (including phenoxy) is 1. The normalized spacial score (nSPS) is 11.4. The van der Waals surface area contributed by atoms with Crippen molar-refractivity contribution in [3.05, 3.63) is 41.2 Å². The molecule has 0 radical (unpaired) electrons. The molecule has 136 valence electrons. The van der Waals surface area contributed by atoms with Crippen LogP contribution in [-0.4, -0.2) is 15.7 Å². The SMILES string of the molecule is CCCC(=O)Nc1c(C)nn(COc2cccc(C(F)(F)F)c2)c1C. The molecule has 1 aromatic heterocycles. The molecule has 0 saturated heterocycles. The van der Waals surface area contributed by atoms with Crippen LogP contribution in [0, 0.1) is 13.8 Å². The van der Waals surface area contributed by atoms with Crippen LogP contribution in [0.15, 0.2) is 24.3 Å². The quantitative estimate of drug-likeness (QED) is 0.841. The van der Waals surface area contributed by atoms with Crippen LogP contribution in [0.4, 0.5) is 18.9 Å². The van der Waals surface area contributed by atoms with Gasteiger partial charge >= 0.3 is 6.18 Å². The van der Waals surface area contributed by atoms with Crippen LogP contribution in [0.2, 0.25) is 0 Å². The molecule has 2 aromatic rings. The van der Waals surface area contributed by atoms with Crippen molar-refractivity contribution in [3.8, 4) is 5.75 Å². The van der Waals surface area contributed by atoms with Gasteiger partial charge in [-0.15, -0.1) is 0 Å². The number of amides is 1. The van der Waals surface area contributed by atoms with Gasteiger partial charge in [0, 0.05) is 6.42 Å². The van der Waals surface area contributed by atoms with Crippen LogP contribution in [0.25, 0.3) is 0 Å². The molecular formula is C17H20F3N3O2. The van der Waals surface area contributed by atoms with E-state index in [0.717, 1.165) is 18.6 Å². The molecule has 8 heteroatoms. The van der Waals surface area contributed by atoms with Gasteiger partial charge in [0.2, 0.25) is 5.91 Å². The van der Waals surface area contributed by atoms with E-state index >= 15 is 0 Å². The Bertz CT molecular complexity index is 754. The number of carbonyl (C=O) groups excluding carboxylic acids is 1. The lowest BCUT2D eigenvalue weighted by Crippen LogP contribution is -2.13. The lowest BCUT2D eigenvalue weighted by Gasteiger charge is -2.11. The van der Waals surface area contributed by atoms with Crippen molar-refractivity contribution >= 4 is 11.6 Å². The zero-order chi connectivity index (χ0) is 18.6. The van der Waals surface area contributed by atoms with Gasteiger partial charge in [0.25, 0.3) is 0 Å². The van der Waals surface area contributed by atoms with Crippen molar-refractivity contribution in [1.82, 2.24) is 9.78 Å². The van der Waals surface area contributed by atoms with Crippen molar-refractivity contribution in [2.45, 2.75) is 46.5 Å². The molecule has 0 aliphatic carbocycles. The van der Waals surface area contributed by atoms with E-state index < -0.39 is 11.7 Å². The summed E-state index contributed by atoms with van der Waals surface area (Å²) in [7, 11) is 0. The van der Waals surface area contributed by atoms with Gasteiger partial charge in [-0.3, -0.25) is 4.79 Å². The van der Waals surface area contributed by atoms with E-state index in [1.54, 1.807) is 13.8 Å². The minimum absolute atomic E-state index is 0.0579. The molecule has 0 atom stereocenters. The summed E-state index contributed by atoms with van der Waals surface area (Å²) in [5.41, 5.74) is 1.13. The van der Waals surface area contributed by atoms with Gasteiger partial charge in [0.15, 0.2) is 6.73 Å². The number of carbonyl (C=O) groups is 1. The molecular weight excluding hydrogens is 335 g/mol. The Morgan fingerprint density at radius 3 is 2.68 bits per heavy atom. The number of hydrogen-bond acceptors (Lipinski definition) is 3. The van der Waals surface area contributed by atoms with E-state index in [0.29, 0.717) is 23.5 Å². The summed E-state index contributed by atoms with van der Waals surface area (Å²) < 4.78 is 45.1. The summed E-state index contributed by atoms with van der Waals surface area (Å²) in [6.07, 6.45) is -3.28. The molecule has 0 bridgehead atoms. The Balaban J connectivity index is 2.10. The minimum atomic E-state index is -4.42. The van der Waals surface area contributed by atoms with Crippen LogP contribution in [0.3, 0.4) is 0 Å². The van der Waals surface area contributed by atoms with Crippen molar-refractivity contribution in [2.75, 3.05) is 5.32 Å². The summed E-state index contributed by atoms with van der Waals surface area (Å²) in [6, 6.07) is 4.66. The highest BCUT2D eigenvalue weighted by Gasteiger charge is 2.30. The van der Waals surface area contributed by atoms with E-state index in [2.05, 4.69) is 10.4 Å². The minimum Gasteiger partial charge on any atom is -0.471 e. The zero-order valence-electron chi connectivity index (χ0n) is 14.3. The number of nitrogens with zero attached hydrogens (tertiary/aromatic N) is 2. The highest BCUT2D eigenvalue weighted by molar-refractivity contribution is 5.91. The molecule has 0 unspecified atom stereocenters. The van der Waals surface area contributed by atoms with Gasteiger partial charge in [0.05, 0.1) is 22.6 Å². The predicted octanol–water partition coefficient (Wildman–Crippen LogP) is 4.29. The summed E-state index contributed by atoms with van der Waals surface area (Å²) >= 11 is 0. The largest absolute Gasteiger partial charge is 0.471 e. The van der Waals surface area contributed by atoms with Gasteiger partial charge in [-0.25, -0.2) is 4.68 Å². The van der Waals surface area contributed by atoms with Crippen LogP contribution in [0.1, 0.15) is 36.7 Å². The van der Waals surface area contributed by atoms with Gasteiger partial charge in [-0.1, -0.05) is 13.0 Å². The highest BCUT2D eigenvalue weighted by atomic mass is 19.4. The number of alkyl halides is 3. The number of benzene rings is 1. The van der Waals surface area contributed by atoms with Crippen molar-refractivity contribution < 1.29 is 22.7 Å². The van der Waals surface area contributed by atoms with Gasteiger partial charge in [-0.2, -0.15) is 18.3 Å². The molecule has 1 amide bonds. The highest BCUT2D eigenvalue weighted by Crippen LogP contribution is 2.31. The Labute approximate surface area is 143 Å². The third kappa shape index (κ3) is 4.74. The fraction of sp³-hybridized carbons (Fsp3) is 0.412. The molecule has 5 nitrogen and oxygen atoms in total. The first kappa shape index (κ1) is 18.8. The first-order valence-corrected chi connectivity index (χ1v) is 7.86. The Kier molecular flexibility index (Phi) is 5.71. The van der Waals surface area contributed by atoms with E-state index in [4.69, 9.17) is 4.74 Å². The number of aromatic nitrogens is 2. The molecule has 1 heterocycles. The van der Waals surface area contributed by atoms with Crippen LogP contribution < -0.4 is 10.1 Å². The standard InChI is InChI=1S/C17H20F3N3O2/c1-4-6-15(24)21-16-11(2)22-23(12(16)3)10-25-14-8-5-7-13(9-14)17(18,19)20/h5,7-9H,4,6,10H2,1-3H3,(H,21,24). The third-order valence-electron chi connectivity index (χ3n) is 3.64. The van der Waals surface area contributed by atoms with Gasteiger partial charge < -0.3 is 10.1 Å². The van der Waals surface area contributed by atoms with E-state index in [1.807, 2.05) is 6.92 Å². The fourth-order valence-electron chi connectivity index (χ4n) is 2.33. The summed E-state index contributed by atoms with van der Waals surface area (Å²) in [5, 5.41) is 7.06. The number of rotatable bonds is 6. The number of halogens is 3. The lowest BCUT2D eigenvalue weighted by molar-refractivity contribution is -0.137. The van der Waals surface area contributed by atoms with Crippen LogP contribution in [-0.2, 0) is 17.7 Å². The third-order valence-corrected chi connectivity index (χ3v) is 3.64. The second-order valence-electron chi connectivity index (χ2n) is 5.64. The fourth-order valence-corrected chi connectivity index (χ4v) is 2.33. The van der Waals surface area contributed by atoms with E-state index in [9.17, 15) is 18.0 Å². The topological polar surface area (TPSA) is 56.2 Å². The molecule has 1 aromatic carbocycles. The van der Waals surface area contributed by atoms with E-state index in [-0.39, 0.29) is 18.4 Å². The summed E-state index contributed by atoms with van der Waals surface area (Å²) in [4.78, 5) is 11.8. The monoisotopic (exact) mass is 355 g/mol. The summed E-state index contributed by atoms with van der Waals surface area (Å²) in [5.74, 6) is -0.00834. The van der Waals surface area contributed by atoms with Crippen molar-refractivity contribution in [3.63, 3.8) is 0 Å². The van der Waals surface area contributed by atoms with Crippen LogP contribution >= 0.6 is 0 Å². The number of aryl methyl sites for hydroxylation is 1. The molecule has 25 heavy (non-hydrogen) atoms. The first-order chi connectivity index (χ1) is 11.7. The predicted molar refractivity (Wildman–Crippen MR) is 87.3 cm³/mol. The average Bonchev–Trinajstić information content (AvgIpc) is 2.80. The van der Waals surface area contributed by atoms with Gasteiger partial charge in [0.1, 0.15) is 5.75 Å². The smallest absolute Gasteiger partial charge is 0.416 e. The number of hydrogen-bond donors (Lipinski definition) is 1. The Morgan fingerprint density at radius 2 is 2.04 bits per heavy atom. The maximum absolute atomic E-state index is 12.7. The maximum Gasteiger partial charge on any atom is 0.416 e. The van der Waals surface area contributed by atoms with E-state index in [1.165, 1.54) is 16.8 Å². The maximum atomic E-state index is 12.7. The molecule has 0 saturated carbocycles. The molecule has 0 aliphatic rings. The van der Waals surface area contributed by atoms with Crippen LogP contribution in [0.5, 0.6) is 5.75 Å². The van der Waals surface area contributed by atoms with Crippen molar-refractivity contribution in [2.24, 2.45) is 0 Å². The Hall–Kier alpha value is -2.51. The second-order valence-corrected chi connectivity index (χ2v) is 5.64. The molecule has 0 aliphatic heterocycles. The average molecular weight is 355 g/mol. The summed E-state index contributed by atoms with van der Waals surface area (Å²) in [6.45, 7) is 5.36. The number of anilines is 1. The molecule has 0 spiro atoms. The molecule has 0 fully saturated rings. The van der Waals surface area contributed by atoms with Crippen molar-refractivity contribution in [1.29, 1.82) is 0 Å². The second kappa shape index (κ2) is 7.58. The zero-order valence-corrected chi connectivity index (χ0v) is 14.3. The van der Waals surface area contributed by atoms with Gasteiger partial charge in [-0.05, 0) is 38.5 Å². The lowest BCUT2D eigenvalue weighted by atomic mass is 10.2. The first-order valence-electron chi connectivity index (χ1n) is 7.86. The Morgan fingerprint density at radius 1 is 1.32 bits per heavy atom.